The highest BCUT2D eigenvalue weighted by molar-refractivity contribution is 5.84. The van der Waals surface area contributed by atoms with E-state index in [-0.39, 0.29) is 11.3 Å². The first-order chi connectivity index (χ1) is 15.3. The first-order valence-corrected chi connectivity index (χ1v) is 9.50. The van der Waals surface area contributed by atoms with E-state index in [9.17, 15) is 23.7 Å². The lowest BCUT2D eigenvalue weighted by Gasteiger charge is -2.30. The Morgan fingerprint density at radius 2 is 1.72 bits per heavy atom. The van der Waals surface area contributed by atoms with Gasteiger partial charge in [0.15, 0.2) is 0 Å². The number of aromatic nitrogens is 2. The zero-order valence-electron chi connectivity index (χ0n) is 17.0. The number of nitrogens with one attached hydrogen (secondary N) is 2. The standard InChI is InChI=1S/C23H16F3N5O/c1-12-16-9-14(5-8-19(16)31-30-12)20-17(10-27)21(13-3-6-15(32-2)7-4-13)29-22(18(20)11-28)23(24,25)26/h3-9,20,29H,1-2H3,(H,30,31). The maximum atomic E-state index is 14.0. The van der Waals surface area contributed by atoms with Crippen molar-refractivity contribution < 1.29 is 17.9 Å². The van der Waals surface area contributed by atoms with Crippen molar-refractivity contribution in [3.05, 3.63) is 76.1 Å². The van der Waals surface area contributed by atoms with Gasteiger partial charge in [0.1, 0.15) is 11.4 Å². The van der Waals surface area contributed by atoms with Gasteiger partial charge >= 0.3 is 6.18 Å². The number of nitriles is 2. The Balaban J connectivity index is 1.99. The average Bonchev–Trinajstić information content (AvgIpc) is 3.17. The molecular weight excluding hydrogens is 419 g/mol. The third-order valence-electron chi connectivity index (χ3n) is 5.37. The average molecular weight is 435 g/mol. The number of methoxy groups -OCH3 is 1. The third kappa shape index (κ3) is 3.44. The number of hydrogen-bond donors (Lipinski definition) is 2. The van der Waals surface area contributed by atoms with Gasteiger partial charge in [0, 0.05) is 11.1 Å². The molecule has 0 amide bonds. The maximum absolute atomic E-state index is 14.0. The van der Waals surface area contributed by atoms with Crippen LogP contribution in [-0.4, -0.2) is 23.5 Å². The SMILES string of the molecule is COc1ccc(C2=C(C#N)C(c3ccc4n[nH]c(C)c4c3)C(C#N)=C(C(F)(F)F)N2)cc1. The van der Waals surface area contributed by atoms with E-state index in [1.165, 1.54) is 7.11 Å². The molecule has 0 bridgehead atoms. The molecule has 0 aliphatic carbocycles. The lowest BCUT2D eigenvalue weighted by Crippen LogP contribution is -2.33. The normalized spacial score (nSPS) is 16.5. The van der Waals surface area contributed by atoms with Crippen LogP contribution in [0.1, 0.15) is 22.7 Å². The number of benzene rings is 2. The number of hydrogen-bond acceptors (Lipinski definition) is 5. The van der Waals surface area contributed by atoms with Crippen molar-refractivity contribution in [2.45, 2.75) is 19.0 Å². The smallest absolute Gasteiger partial charge is 0.432 e. The van der Waals surface area contributed by atoms with E-state index in [2.05, 4.69) is 15.5 Å². The van der Waals surface area contributed by atoms with Crippen molar-refractivity contribution in [1.29, 1.82) is 10.5 Å². The highest BCUT2D eigenvalue weighted by Gasteiger charge is 2.44. The minimum absolute atomic E-state index is 0.00418. The second kappa shape index (κ2) is 7.78. The van der Waals surface area contributed by atoms with E-state index in [0.29, 0.717) is 27.8 Å². The van der Waals surface area contributed by atoms with E-state index in [1.54, 1.807) is 55.5 Å². The van der Waals surface area contributed by atoms with Crippen LogP contribution in [0.3, 0.4) is 0 Å². The number of fused-ring (bicyclic) bond motifs is 1. The van der Waals surface area contributed by atoms with E-state index in [4.69, 9.17) is 4.74 Å². The second-order valence-corrected chi connectivity index (χ2v) is 7.21. The van der Waals surface area contributed by atoms with Gasteiger partial charge in [-0.15, -0.1) is 0 Å². The minimum atomic E-state index is -4.82. The first-order valence-electron chi connectivity index (χ1n) is 9.50. The van der Waals surface area contributed by atoms with Crippen LogP contribution in [0.2, 0.25) is 0 Å². The zero-order chi connectivity index (χ0) is 23.0. The molecule has 1 aliphatic rings. The molecule has 6 nitrogen and oxygen atoms in total. The van der Waals surface area contributed by atoms with Crippen molar-refractivity contribution in [1.82, 2.24) is 15.5 Å². The van der Waals surface area contributed by atoms with Gasteiger partial charge in [-0.05, 0) is 54.4 Å². The number of ether oxygens (including phenoxy) is 1. The summed E-state index contributed by atoms with van der Waals surface area (Å²) in [7, 11) is 1.47. The molecule has 2 aromatic carbocycles. The lowest BCUT2D eigenvalue weighted by molar-refractivity contribution is -0.0962. The van der Waals surface area contributed by atoms with Crippen LogP contribution in [0.15, 0.2) is 59.3 Å². The Kier molecular flexibility index (Phi) is 5.11. The molecule has 1 aliphatic heterocycles. The molecule has 0 spiro atoms. The summed E-state index contributed by atoms with van der Waals surface area (Å²) in [6.45, 7) is 1.79. The molecule has 4 rings (SSSR count). The zero-order valence-corrected chi connectivity index (χ0v) is 17.0. The second-order valence-electron chi connectivity index (χ2n) is 7.21. The van der Waals surface area contributed by atoms with E-state index >= 15 is 0 Å². The molecule has 1 atom stereocenters. The molecule has 0 radical (unpaired) electrons. The molecule has 2 heterocycles. The predicted octanol–water partition coefficient (Wildman–Crippen LogP) is 4.84. The fraction of sp³-hybridized carbons (Fsp3) is 0.174. The van der Waals surface area contributed by atoms with Crippen molar-refractivity contribution in [3.8, 4) is 17.9 Å². The molecule has 0 saturated carbocycles. The van der Waals surface area contributed by atoms with Gasteiger partial charge in [-0.1, -0.05) is 6.07 Å². The molecule has 0 saturated heterocycles. The summed E-state index contributed by atoms with van der Waals surface area (Å²) in [5, 5.41) is 29.7. The summed E-state index contributed by atoms with van der Waals surface area (Å²) in [4.78, 5) is 0. The Morgan fingerprint density at radius 1 is 1.03 bits per heavy atom. The highest BCUT2D eigenvalue weighted by Crippen LogP contribution is 2.44. The van der Waals surface area contributed by atoms with Crippen LogP contribution in [0.25, 0.3) is 16.6 Å². The number of halogens is 3. The van der Waals surface area contributed by atoms with E-state index < -0.39 is 23.4 Å². The van der Waals surface area contributed by atoms with E-state index in [0.717, 1.165) is 5.69 Å². The van der Waals surface area contributed by atoms with Crippen LogP contribution in [0, 0.1) is 29.6 Å². The number of aryl methyl sites for hydroxylation is 1. The summed E-state index contributed by atoms with van der Waals surface area (Å²) >= 11 is 0. The fourth-order valence-corrected chi connectivity index (χ4v) is 3.81. The Bertz CT molecular complexity index is 1350. The lowest BCUT2D eigenvalue weighted by atomic mass is 9.79. The minimum Gasteiger partial charge on any atom is -0.497 e. The summed E-state index contributed by atoms with van der Waals surface area (Å²) in [5.74, 6) is -0.677. The fourth-order valence-electron chi connectivity index (χ4n) is 3.81. The van der Waals surface area contributed by atoms with Gasteiger partial charge in [-0.3, -0.25) is 5.10 Å². The Morgan fingerprint density at radius 3 is 2.31 bits per heavy atom. The number of dihydropyridines is 1. The summed E-state index contributed by atoms with van der Waals surface area (Å²) in [5.41, 5.74) is 0.390. The summed E-state index contributed by atoms with van der Waals surface area (Å²) in [6, 6.07) is 14.9. The molecule has 9 heteroatoms. The highest BCUT2D eigenvalue weighted by atomic mass is 19.4. The summed E-state index contributed by atoms with van der Waals surface area (Å²) < 4.78 is 47.0. The number of alkyl halides is 3. The van der Waals surface area contributed by atoms with Gasteiger partial charge in [0.05, 0.1) is 47.5 Å². The molecule has 3 aromatic rings. The van der Waals surface area contributed by atoms with Crippen molar-refractivity contribution in [3.63, 3.8) is 0 Å². The number of aromatic amines is 1. The first kappa shape index (κ1) is 21.0. The molecular formula is C23H16F3N5O. The van der Waals surface area contributed by atoms with Crippen molar-refractivity contribution >= 4 is 16.6 Å². The topological polar surface area (TPSA) is 97.5 Å². The van der Waals surface area contributed by atoms with Crippen LogP contribution in [0.4, 0.5) is 13.2 Å². The maximum Gasteiger partial charge on any atom is 0.432 e. The van der Waals surface area contributed by atoms with Crippen LogP contribution >= 0.6 is 0 Å². The van der Waals surface area contributed by atoms with Crippen LogP contribution in [0.5, 0.6) is 5.75 Å². The van der Waals surface area contributed by atoms with Crippen molar-refractivity contribution in [2.24, 2.45) is 0 Å². The van der Waals surface area contributed by atoms with Gasteiger partial charge in [0.25, 0.3) is 0 Å². The molecule has 32 heavy (non-hydrogen) atoms. The molecule has 1 aromatic heterocycles. The Labute approximate surface area is 181 Å². The number of allylic oxidation sites excluding steroid dienone is 3. The van der Waals surface area contributed by atoms with Gasteiger partial charge in [-0.25, -0.2) is 0 Å². The van der Waals surface area contributed by atoms with Gasteiger partial charge in [0.2, 0.25) is 0 Å². The van der Waals surface area contributed by atoms with Crippen LogP contribution < -0.4 is 10.1 Å². The van der Waals surface area contributed by atoms with Gasteiger partial charge in [-0.2, -0.15) is 28.8 Å². The largest absolute Gasteiger partial charge is 0.497 e. The molecule has 2 N–H and O–H groups in total. The molecule has 0 fully saturated rings. The van der Waals surface area contributed by atoms with Crippen LogP contribution in [-0.2, 0) is 0 Å². The Hall–Kier alpha value is -4.24. The third-order valence-corrected chi connectivity index (χ3v) is 5.37. The monoisotopic (exact) mass is 435 g/mol. The summed E-state index contributed by atoms with van der Waals surface area (Å²) in [6.07, 6.45) is -4.82. The van der Waals surface area contributed by atoms with E-state index in [1.807, 2.05) is 6.07 Å². The van der Waals surface area contributed by atoms with Crippen molar-refractivity contribution in [2.75, 3.05) is 7.11 Å². The van der Waals surface area contributed by atoms with Gasteiger partial charge < -0.3 is 10.1 Å². The molecule has 1 unspecified atom stereocenters. The quantitative estimate of drug-likeness (QED) is 0.614. The predicted molar refractivity (Wildman–Crippen MR) is 111 cm³/mol. The number of rotatable bonds is 3. The number of nitrogens with zero attached hydrogens (tertiary/aromatic N) is 3. The molecule has 160 valence electrons. The number of H-pyrrole nitrogens is 1.